The monoisotopic (exact) mass is 326 g/mol. The number of rotatable bonds is 8. The fourth-order valence-electron chi connectivity index (χ4n) is 1.39. The van der Waals surface area contributed by atoms with Crippen LogP contribution in [0.2, 0.25) is 0 Å². The van der Waals surface area contributed by atoms with E-state index in [1.165, 1.54) is 29.0 Å². The summed E-state index contributed by atoms with van der Waals surface area (Å²) in [4.78, 5) is -0.245. The average Bonchev–Trinajstić information content (AvgIpc) is 2.41. The maximum absolute atomic E-state index is 12.0. The predicted molar refractivity (Wildman–Crippen MR) is 71.7 cm³/mol. The second-order valence-corrected chi connectivity index (χ2v) is 5.88. The first-order valence-corrected chi connectivity index (χ1v) is 7.73. The van der Waals surface area contributed by atoms with Crippen molar-refractivity contribution in [3.8, 4) is 5.75 Å². The quantitative estimate of drug-likeness (QED) is 0.711. The van der Waals surface area contributed by atoms with E-state index in [0.717, 1.165) is 6.54 Å². The van der Waals surface area contributed by atoms with Crippen molar-refractivity contribution in [2.75, 3.05) is 26.2 Å². The molecule has 0 atom stereocenters. The van der Waals surface area contributed by atoms with Gasteiger partial charge in [-0.15, -0.1) is 0 Å². The van der Waals surface area contributed by atoms with Crippen molar-refractivity contribution in [2.45, 2.75) is 18.0 Å². The Bertz CT molecular complexity index is 530. The summed E-state index contributed by atoms with van der Waals surface area (Å²) in [6.07, 6.45) is -4.59. The van der Waals surface area contributed by atoms with E-state index < -0.39 is 22.7 Å². The predicted octanol–water partition coefficient (Wildman–Crippen LogP) is 1.52. The van der Waals surface area contributed by atoms with Crippen molar-refractivity contribution in [3.63, 3.8) is 0 Å². The van der Waals surface area contributed by atoms with Crippen molar-refractivity contribution in [3.05, 3.63) is 24.3 Å². The van der Waals surface area contributed by atoms with Gasteiger partial charge in [-0.2, -0.15) is 13.2 Å². The molecule has 120 valence electrons. The van der Waals surface area contributed by atoms with E-state index in [9.17, 15) is 21.6 Å². The molecule has 1 aromatic rings. The molecule has 5 nitrogen and oxygen atoms in total. The number of sulfonamides is 1. The molecule has 2 N–H and O–H groups in total. The molecular formula is C12H17F3N2O3S. The molecule has 0 saturated carbocycles. The normalized spacial score (nSPS) is 12.4. The number of alkyl halides is 3. The highest BCUT2D eigenvalue weighted by Gasteiger charge is 2.29. The van der Waals surface area contributed by atoms with E-state index in [-0.39, 0.29) is 4.90 Å². The van der Waals surface area contributed by atoms with Crippen molar-refractivity contribution < 1.29 is 26.3 Å². The third-order valence-corrected chi connectivity index (χ3v) is 3.81. The molecule has 0 aliphatic rings. The molecule has 0 aromatic heterocycles. The lowest BCUT2D eigenvalue weighted by Crippen LogP contribution is -2.33. The topological polar surface area (TPSA) is 67.4 Å². The van der Waals surface area contributed by atoms with Gasteiger partial charge < -0.3 is 10.1 Å². The van der Waals surface area contributed by atoms with Crippen molar-refractivity contribution in [1.29, 1.82) is 0 Å². The fourth-order valence-corrected chi connectivity index (χ4v) is 2.41. The Labute approximate surface area is 121 Å². The van der Waals surface area contributed by atoms with Crippen molar-refractivity contribution >= 4 is 10.0 Å². The summed E-state index contributed by atoms with van der Waals surface area (Å²) in [5.41, 5.74) is 0. The number of likely N-dealkylation sites (N-methyl/N-ethyl adjacent to an activating group) is 1. The van der Waals surface area contributed by atoms with Gasteiger partial charge >= 0.3 is 6.18 Å². The molecule has 0 bridgehead atoms. The van der Waals surface area contributed by atoms with Gasteiger partial charge in [0.2, 0.25) is 10.0 Å². The van der Waals surface area contributed by atoms with Gasteiger partial charge in [0, 0.05) is 6.54 Å². The fraction of sp³-hybridized carbons (Fsp3) is 0.500. The third-order valence-electron chi connectivity index (χ3n) is 2.39. The van der Waals surface area contributed by atoms with E-state index in [2.05, 4.69) is 5.32 Å². The van der Waals surface area contributed by atoms with E-state index >= 15 is 0 Å². The zero-order valence-electron chi connectivity index (χ0n) is 11.4. The Balaban J connectivity index is 2.60. The number of halogens is 3. The van der Waals surface area contributed by atoms with Gasteiger partial charge in [0.1, 0.15) is 18.9 Å². The van der Waals surface area contributed by atoms with Crippen LogP contribution in [0.25, 0.3) is 0 Å². The first-order valence-electron chi connectivity index (χ1n) is 6.24. The first kappa shape index (κ1) is 17.7. The Kier molecular flexibility index (Phi) is 6.43. The Morgan fingerprint density at radius 1 is 1.19 bits per heavy atom. The molecular weight excluding hydrogens is 309 g/mol. The Hall–Kier alpha value is -1.32. The summed E-state index contributed by atoms with van der Waals surface area (Å²) >= 11 is 0. The van der Waals surface area contributed by atoms with Crippen LogP contribution >= 0.6 is 0 Å². The maximum atomic E-state index is 12.0. The lowest BCUT2D eigenvalue weighted by Gasteiger charge is -2.10. The molecule has 0 spiro atoms. The van der Waals surface area contributed by atoms with Gasteiger partial charge in [0.15, 0.2) is 0 Å². The van der Waals surface area contributed by atoms with Gasteiger partial charge in [0.05, 0.1) is 4.90 Å². The molecule has 0 heterocycles. The van der Waals surface area contributed by atoms with Crippen LogP contribution in [0.15, 0.2) is 29.2 Å². The second kappa shape index (κ2) is 7.62. The molecule has 21 heavy (non-hydrogen) atoms. The molecule has 1 aromatic carbocycles. The van der Waals surface area contributed by atoms with Crippen LogP contribution in [0.3, 0.4) is 0 Å². The van der Waals surface area contributed by atoms with E-state index in [0.29, 0.717) is 18.9 Å². The zero-order valence-corrected chi connectivity index (χ0v) is 12.2. The number of hydrogen-bond acceptors (Lipinski definition) is 4. The van der Waals surface area contributed by atoms with Crippen LogP contribution in [-0.4, -0.2) is 40.8 Å². The highest BCUT2D eigenvalue weighted by Crippen LogP contribution is 2.18. The summed E-state index contributed by atoms with van der Waals surface area (Å²) in [7, 11) is -4.18. The minimum Gasteiger partial charge on any atom is -0.492 e. The number of hydrogen-bond donors (Lipinski definition) is 2. The second-order valence-electron chi connectivity index (χ2n) is 4.11. The zero-order chi connectivity index (χ0) is 15.9. The summed E-state index contributed by atoms with van der Waals surface area (Å²) < 4.78 is 66.1. The molecule has 0 fully saturated rings. The Morgan fingerprint density at radius 2 is 1.81 bits per heavy atom. The molecule has 0 aliphatic heterocycles. The summed E-state index contributed by atoms with van der Waals surface area (Å²) in [6, 6.07) is 5.19. The van der Waals surface area contributed by atoms with E-state index in [1.807, 2.05) is 6.92 Å². The number of nitrogens with one attached hydrogen (secondary N) is 2. The highest BCUT2D eigenvalue weighted by molar-refractivity contribution is 7.89. The van der Waals surface area contributed by atoms with Gasteiger partial charge in [-0.05, 0) is 30.8 Å². The lowest BCUT2D eigenvalue weighted by molar-refractivity contribution is -0.121. The Morgan fingerprint density at radius 3 is 2.33 bits per heavy atom. The largest absolute Gasteiger partial charge is 0.492 e. The van der Waals surface area contributed by atoms with Crippen LogP contribution in [0.5, 0.6) is 5.75 Å². The minimum atomic E-state index is -4.59. The summed E-state index contributed by atoms with van der Waals surface area (Å²) in [6.45, 7) is 2.21. The van der Waals surface area contributed by atoms with Crippen LogP contribution in [0.1, 0.15) is 6.92 Å². The average molecular weight is 326 g/mol. The molecule has 1 rings (SSSR count). The molecule has 0 amide bonds. The van der Waals surface area contributed by atoms with Crippen molar-refractivity contribution in [2.24, 2.45) is 0 Å². The highest BCUT2D eigenvalue weighted by atomic mass is 32.2. The maximum Gasteiger partial charge on any atom is 0.402 e. The third kappa shape index (κ3) is 6.78. The molecule has 0 unspecified atom stereocenters. The van der Waals surface area contributed by atoms with Crippen LogP contribution in [0, 0.1) is 0 Å². The number of benzene rings is 1. The van der Waals surface area contributed by atoms with Crippen LogP contribution in [0.4, 0.5) is 13.2 Å². The van der Waals surface area contributed by atoms with Gasteiger partial charge in [-0.3, -0.25) is 0 Å². The van der Waals surface area contributed by atoms with Crippen LogP contribution < -0.4 is 14.8 Å². The van der Waals surface area contributed by atoms with Gasteiger partial charge in [-0.1, -0.05) is 6.92 Å². The van der Waals surface area contributed by atoms with Crippen LogP contribution in [-0.2, 0) is 10.0 Å². The van der Waals surface area contributed by atoms with E-state index in [4.69, 9.17) is 4.74 Å². The number of ether oxygens (including phenoxy) is 1. The van der Waals surface area contributed by atoms with Gasteiger partial charge in [0.25, 0.3) is 0 Å². The van der Waals surface area contributed by atoms with E-state index in [1.54, 1.807) is 0 Å². The van der Waals surface area contributed by atoms with Gasteiger partial charge in [-0.25, -0.2) is 13.1 Å². The smallest absolute Gasteiger partial charge is 0.402 e. The standard InChI is InChI=1S/C12H17F3N2O3S/c1-2-16-7-8-20-10-3-5-11(6-4-10)21(18,19)17-9-12(13,14)15/h3-6,16-17H,2,7-9H2,1H3. The minimum absolute atomic E-state index is 0.245. The molecule has 9 heteroatoms. The lowest BCUT2D eigenvalue weighted by atomic mass is 10.3. The molecule has 0 aliphatic carbocycles. The summed E-state index contributed by atoms with van der Waals surface area (Å²) in [5, 5.41) is 3.05. The molecule has 0 saturated heterocycles. The van der Waals surface area contributed by atoms with Crippen molar-refractivity contribution in [1.82, 2.24) is 10.0 Å². The first-order chi connectivity index (χ1) is 9.74. The SMILES string of the molecule is CCNCCOc1ccc(S(=O)(=O)NCC(F)(F)F)cc1. The molecule has 0 radical (unpaired) electrons. The summed E-state index contributed by atoms with van der Waals surface area (Å²) in [5.74, 6) is 0.447.